The van der Waals surface area contributed by atoms with Gasteiger partial charge >= 0.3 is 0 Å². The lowest BCUT2D eigenvalue weighted by Crippen LogP contribution is -2.18. The number of para-hydroxylation sites is 1. The summed E-state index contributed by atoms with van der Waals surface area (Å²) in [4.78, 5) is 9.49. The van der Waals surface area contributed by atoms with Crippen molar-refractivity contribution in [1.29, 1.82) is 0 Å². The van der Waals surface area contributed by atoms with Crippen LogP contribution >= 0.6 is 11.3 Å². The third-order valence-electron chi connectivity index (χ3n) is 4.64. The molecule has 0 unspecified atom stereocenters. The molecule has 0 fully saturated rings. The highest BCUT2D eigenvalue weighted by atomic mass is 32.1. The Morgan fingerprint density at radius 3 is 2.62 bits per heavy atom. The molecule has 0 bridgehead atoms. The molecule has 0 spiro atoms. The van der Waals surface area contributed by atoms with Crippen molar-refractivity contribution in [1.82, 2.24) is 10.4 Å². The van der Waals surface area contributed by atoms with Gasteiger partial charge in [-0.1, -0.05) is 29.8 Å². The number of nitrogens with zero attached hydrogens (tertiary/aromatic N) is 3. The van der Waals surface area contributed by atoms with E-state index in [1.807, 2.05) is 67.6 Å². The summed E-state index contributed by atoms with van der Waals surface area (Å²) in [5.41, 5.74) is 6.90. The van der Waals surface area contributed by atoms with Crippen molar-refractivity contribution in [3.63, 3.8) is 0 Å². The molecule has 0 amide bonds. The largest absolute Gasteiger partial charge is 0.493 e. The number of aromatic nitrogens is 1. The lowest BCUT2D eigenvalue weighted by molar-refractivity contribution is 0.311. The fourth-order valence-electron chi connectivity index (χ4n) is 3.05. The van der Waals surface area contributed by atoms with Gasteiger partial charge in [0.15, 0.2) is 22.3 Å². The molecule has 162 valence electrons. The molecule has 0 saturated heterocycles. The summed E-state index contributed by atoms with van der Waals surface area (Å²) in [6, 6.07) is 21.7. The van der Waals surface area contributed by atoms with Crippen LogP contribution in [0.1, 0.15) is 23.1 Å². The van der Waals surface area contributed by atoms with E-state index in [1.165, 1.54) is 5.56 Å². The second kappa shape index (κ2) is 10.1. The van der Waals surface area contributed by atoms with Crippen molar-refractivity contribution in [2.45, 2.75) is 13.8 Å². The molecule has 0 aliphatic carbocycles. The standard InChI is InChI=1S/C25H24N4O2S/c1-4-31-21-14-11-18(15-22(21)30-3)16-26-29-24(27-19-12-9-17(2)10-13-19)25-28-20-7-5-6-8-23(20)32-25/h5-16H,4H2,1-3H3,(H,27,29). The normalized spacial score (nSPS) is 11.8. The van der Waals surface area contributed by atoms with Gasteiger partial charge in [0, 0.05) is 0 Å². The van der Waals surface area contributed by atoms with E-state index in [0.717, 1.165) is 26.5 Å². The average molecular weight is 445 g/mol. The summed E-state index contributed by atoms with van der Waals surface area (Å²) in [5, 5.41) is 5.19. The highest BCUT2D eigenvalue weighted by Gasteiger charge is 2.11. The van der Waals surface area contributed by atoms with Crippen molar-refractivity contribution < 1.29 is 9.47 Å². The summed E-state index contributed by atoms with van der Waals surface area (Å²) in [6.45, 7) is 4.57. The van der Waals surface area contributed by atoms with Gasteiger partial charge in [-0.25, -0.2) is 9.98 Å². The Bertz CT molecular complexity index is 1230. The molecule has 32 heavy (non-hydrogen) atoms. The highest BCUT2D eigenvalue weighted by molar-refractivity contribution is 7.20. The van der Waals surface area contributed by atoms with E-state index in [4.69, 9.17) is 19.5 Å². The quantitative estimate of drug-likeness (QED) is 0.225. The summed E-state index contributed by atoms with van der Waals surface area (Å²) < 4.78 is 12.1. The van der Waals surface area contributed by atoms with Crippen molar-refractivity contribution in [2.75, 3.05) is 13.7 Å². The number of aryl methyl sites for hydroxylation is 1. The Hall–Kier alpha value is -3.71. The number of hydrogen-bond donors (Lipinski definition) is 1. The second-order valence-electron chi connectivity index (χ2n) is 7.00. The van der Waals surface area contributed by atoms with E-state index in [2.05, 4.69) is 23.5 Å². The number of benzene rings is 3. The van der Waals surface area contributed by atoms with Gasteiger partial charge in [-0.2, -0.15) is 5.10 Å². The van der Waals surface area contributed by atoms with Gasteiger partial charge in [0.2, 0.25) is 0 Å². The molecular formula is C25H24N4O2S. The molecule has 0 radical (unpaired) electrons. The molecule has 6 nitrogen and oxygen atoms in total. The number of amidine groups is 1. The van der Waals surface area contributed by atoms with Gasteiger partial charge in [-0.3, -0.25) is 5.43 Å². The van der Waals surface area contributed by atoms with Crippen LogP contribution < -0.4 is 14.9 Å². The van der Waals surface area contributed by atoms with Gasteiger partial charge in [0.25, 0.3) is 0 Å². The average Bonchev–Trinajstić information content (AvgIpc) is 3.25. The maximum atomic E-state index is 5.58. The SMILES string of the molecule is CCOc1ccc(C=NNC(=Nc2ccc(C)cc2)c2nc3ccccc3s2)cc1OC. The number of nitrogens with one attached hydrogen (secondary N) is 1. The monoisotopic (exact) mass is 444 g/mol. The van der Waals surface area contributed by atoms with Crippen LogP contribution in [0.2, 0.25) is 0 Å². The molecule has 1 aromatic heterocycles. The Kier molecular flexibility index (Phi) is 6.77. The minimum absolute atomic E-state index is 0.576. The molecule has 0 aliphatic rings. The predicted molar refractivity (Wildman–Crippen MR) is 132 cm³/mol. The van der Waals surface area contributed by atoms with Crippen LogP contribution in [0.3, 0.4) is 0 Å². The molecule has 0 aliphatic heterocycles. The molecule has 7 heteroatoms. The Morgan fingerprint density at radius 2 is 1.88 bits per heavy atom. The zero-order valence-corrected chi connectivity index (χ0v) is 19.0. The third-order valence-corrected chi connectivity index (χ3v) is 5.69. The van der Waals surface area contributed by atoms with Crippen LogP contribution in [0.5, 0.6) is 11.5 Å². The lowest BCUT2D eigenvalue weighted by Gasteiger charge is -2.09. The second-order valence-corrected chi connectivity index (χ2v) is 8.03. The number of fused-ring (bicyclic) bond motifs is 1. The molecule has 0 atom stereocenters. The first-order valence-electron chi connectivity index (χ1n) is 10.3. The minimum Gasteiger partial charge on any atom is -0.493 e. The Labute approximate surface area is 191 Å². The maximum Gasteiger partial charge on any atom is 0.183 e. The lowest BCUT2D eigenvalue weighted by atomic mass is 10.2. The number of aliphatic imine (C=N–C) groups is 1. The zero-order valence-electron chi connectivity index (χ0n) is 18.2. The number of hydrogen-bond acceptors (Lipinski definition) is 6. The van der Waals surface area contributed by atoms with E-state index < -0.39 is 0 Å². The van der Waals surface area contributed by atoms with Crippen molar-refractivity contribution in [2.24, 2.45) is 10.1 Å². The first-order valence-corrected chi connectivity index (χ1v) is 11.1. The topological polar surface area (TPSA) is 68.1 Å². The van der Waals surface area contributed by atoms with Crippen LogP contribution in [0, 0.1) is 6.92 Å². The summed E-state index contributed by atoms with van der Waals surface area (Å²) >= 11 is 1.57. The van der Waals surface area contributed by atoms with E-state index in [9.17, 15) is 0 Å². The number of ether oxygens (including phenoxy) is 2. The zero-order chi connectivity index (χ0) is 22.3. The number of thiazole rings is 1. The van der Waals surface area contributed by atoms with Crippen molar-refractivity contribution >= 4 is 39.3 Å². The van der Waals surface area contributed by atoms with Crippen molar-refractivity contribution in [3.8, 4) is 11.5 Å². The molecule has 0 saturated carbocycles. The number of hydrazone groups is 1. The molecule has 1 N–H and O–H groups in total. The van der Waals surface area contributed by atoms with E-state index in [-0.39, 0.29) is 0 Å². The summed E-state index contributed by atoms with van der Waals surface area (Å²) in [6.07, 6.45) is 1.72. The number of methoxy groups -OCH3 is 1. The molecular weight excluding hydrogens is 420 g/mol. The van der Waals surface area contributed by atoms with Gasteiger partial charge in [-0.05, 0) is 61.9 Å². The smallest absolute Gasteiger partial charge is 0.183 e. The predicted octanol–water partition coefficient (Wildman–Crippen LogP) is 5.71. The fraction of sp³-hybridized carbons (Fsp3) is 0.160. The van der Waals surface area contributed by atoms with E-state index in [1.54, 1.807) is 24.7 Å². The van der Waals surface area contributed by atoms with Crippen LogP contribution in [0.4, 0.5) is 5.69 Å². The van der Waals surface area contributed by atoms with Crippen LogP contribution in [-0.2, 0) is 0 Å². The maximum absolute atomic E-state index is 5.58. The van der Waals surface area contributed by atoms with Gasteiger partial charge in [0.1, 0.15) is 0 Å². The highest BCUT2D eigenvalue weighted by Crippen LogP contribution is 2.27. The fourth-order valence-corrected chi connectivity index (χ4v) is 3.95. The third kappa shape index (κ3) is 5.12. The molecule has 4 aromatic rings. The summed E-state index contributed by atoms with van der Waals surface area (Å²) in [5.74, 6) is 1.95. The van der Waals surface area contributed by atoms with E-state index >= 15 is 0 Å². The van der Waals surface area contributed by atoms with Crippen LogP contribution in [0.25, 0.3) is 10.2 Å². The first-order chi connectivity index (χ1) is 15.7. The van der Waals surface area contributed by atoms with Gasteiger partial charge < -0.3 is 9.47 Å². The Balaban J connectivity index is 1.62. The molecule has 1 heterocycles. The van der Waals surface area contributed by atoms with Gasteiger partial charge in [-0.15, -0.1) is 11.3 Å². The van der Waals surface area contributed by atoms with Crippen molar-refractivity contribution in [3.05, 3.63) is 82.9 Å². The van der Waals surface area contributed by atoms with Gasteiger partial charge in [0.05, 0.1) is 35.8 Å². The minimum atomic E-state index is 0.576. The molecule has 3 aromatic carbocycles. The number of rotatable bonds is 7. The Morgan fingerprint density at radius 1 is 1.06 bits per heavy atom. The molecule has 4 rings (SSSR count). The van der Waals surface area contributed by atoms with E-state index in [0.29, 0.717) is 23.9 Å². The van der Waals surface area contributed by atoms with Crippen LogP contribution in [0.15, 0.2) is 76.8 Å². The first kappa shape index (κ1) is 21.5. The van der Waals surface area contributed by atoms with Crippen LogP contribution in [-0.4, -0.2) is 30.8 Å². The summed E-state index contributed by atoms with van der Waals surface area (Å²) in [7, 11) is 1.62.